The Hall–Kier alpha value is -0.980. The van der Waals surface area contributed by atoms with Gasteiger partial charge in [-0.1, -0.05) is 30.3 Å². The second-order valence-corrected chi connectivity index (χ2v) is 7.03. The molecular weight excluding hydrogens is 296 g/mol. The molecule has 1 aromatic carbocycles. The van der Waals surface area contributed by atoms with Crippen molar-refractivity contribution in [2.24, 2.45) is 0 Å². The van der Waals surface area contributed by atoms with Gasteiger partial charge in [0.15, 0.2) is 12.1 Å². The van der Waals surface area contributed by atoms with Crippen LogP contribution < -0.4 is 0 Å². The van der Waals surface area contributed by atoms with Crippen molar-refractivity contribution < 1.29 is 23.7 Å². The molecular formula is C18H24O5. The smallest absolute Gasteiger partial charge is 0.186 e. The molecule has 3 aliphatic rings. The Balaban J connectivity index is 1.59. The fraction of sp³-hybridized carbons (Fsp3) is 0.667. The maximum Gasteiger partial charge on any atom is 0.186 e. The molecule has 0 radical (unpaired) electrons. The topological polar surface area (TPSA) is 46.2 Å². The molecule has 126 valence electrons. The van der Waals surface area contributed by atoms with Crippen LogP contribution in [0.2, 0.25) is 0 Å². The van der Waals surface area contributed by atoms with Gasteiger partial charge in [0, 0.05) is 7.11 Å². The fourth-order valence-corrected chi connectivity index (χ4v) is 4.18. The summed E-state index contributed by atoms with van der Waals surface area (Å²) in [7, 11) is 1.65. The van der Waals surface area contributed by atoms with Crippen LogP contribution in [0.4, 0.5) is 0 Å². The number of benzene rings is 1. The summed E-state index contributed by atoms with van der Waals surface area (Å²) in [6.07, 6.45) is 0.956. The summed E-state index contributed by atoms with van der Waals surface area (Å²) in [6, 6.07) is 10.1. The van der Waals surface area contributed by atoms with Crippen molar-refractivity contribution in [2.45, 2.75) is 69.3 Å². The average molecular weight is 320 g/mol. The van der Waals surface area contributed by atoms with Crippen LogP contribution in [0, 0.1) is 0 Å². The van der Waals surface area contributed by atoms with Crippen LogP contribution >= 0.6 is 0 Å². The second-order valence-electron chi connectivity index (χ2n) is 7.03. The third-order valence-corrected chi connectivity index (χ3v) is 5.03. The van der Waals surface area contributed by atoms with E-state index in [0.717, 1.165) is 18.4 Å². The molecule has 0 spiro atoms. The van der Waals surface area contributed by atoms with Crippen LogP contribution in [-0.2, 0) is 30.3 Å². The molecule has 2 saturated heterocycles. The van der Waals surface area contributed by atoms with Crippen molar-refractivity contribution in [3.05, 3.63) is 35.9 Å². The summed E-state index contributed by atoms with van der Waals surface area (Å²) < 4.78 is 30.4. The first kappa shape index (κ1) is 15.5. The van der Waals surface area contributed by atoms with E-state index in [9.17, 15) is 0 Å². The van der Waals surface area contributed by atoms with Gasteiger partial charge in [-0.25, -0.2) is 0 Å². The summed E-state index contributed by atoms with van der Waals surface area (Å²) in [4.78, 5) is 0. The normalized spacial score (nSPS) is 41.0. The molecule has 0 aromatic heterocycles. The van der Waals surface area contributed by atoms with Gasteiger partial charge < -0.3 is 23.7 Å². The monoisotopic (exact) mass is 320 g/mol. The Morgan fingerprint density at radius 1 is 1.22 bits per heavy atom. The van der Waals surface area contributed by atoms with Gasteiger partial charge in [0.05, 0.1) is 12.7 Å². The lowest BCUT2D eigenvalue weighted by atomic mass is 9.89. The van der Waals surface area contributed by atoms with Gasteiger partial charge in [0.1, 0.15) is 17.8 Å². The Morgan fingerprint density at radius 2 is 2.00 bits per heavy atom. The van der Waals surface area contributed by atoms with Gasteiger partial charge >= 0.3 is 0 Å². The minimum Gasteiger partial charge on any atom is -0.365 e. The first-order valence-electron chi connectivity index (χ1n) is 8.26. The number of methoxy groups -OCH3 is 1. The Morgan fingerprint density at radius 3 is 2.74 bits per heavy atom. The zero-order valence-electron chi connectivity index (χ0n) is 13.9. The summed E-state index contributed by atoms with van der Waals surface area (Å²) in [6.45, 7) is 4.40. The van der Waals surface area contributed by atoms with Crippen molar-refractivity contribution in [2.75, 3.05) is 7.11 Å². The van der Waals surface area contributed by atoms with Gasteiger partial charge in [-0.2, -0.15) is 0 Å². The highest BCUT2D eigenvalue weighted by Crippen LogP contribution is 2.54. The summed E-state index contributed by atoms with van der Waals surface area (Å²) in [5, 5.41) is 0. The van der Waals surface area contributed by atoms with Crippen LogP contribution in [0.15, 0.2) is 30.3 Å². The molecule has 5 atom stereocenters. The lowest BCUT2D eigenvalue weighted by molar-refractivity contribution is -0.292. The molecule has 1 aromatic rings. The molecule has 0 unspecified atom stereocenters. The van der Waals surface area contributed by atoms with Crippen molar-refractivity contribution in [1.82, 2.24) is 0 Å². The van der Waals surface area contributed by atoms with E-state index in [0.29, 0.717) is 6.61 Å². The summed E-state index contributed by atoms with van der Waals surface area (Å²) >= 11 is 0. The maximum absolute atomic E-state index is 6.36. The Labute approximate surface area is 136 Å². The zero-order chi connectivity index (χ0) is 16.1. The van der Waals surface area contributed by atoms with Crippen molar-refractivity contribution >= 4 is 0 Å². The van der Waals surface area contributed by atoms with E-state index < -0.39 is 17.7 Å². The second kappa shape index (κ2) is 5.53. The fourth-order valence-electron chi connectivity index (χ4n) is 4.18. The van der Waals surface area contributed by atoms with Gasteiger partial charge in [-0.15, -0.1) is 0 Å². The van der Waals surface area contributed by atoms with Crippen molar-refractivity contribution in [3.63, 3.8) is 0 Å². The quantitative estimate of drug-likeness (QED) is 0.853. The first-order chi connectivity index (χ1) is 11.0. The molecule has 1 aliphatic carbocycles. The predicted molar refractivity (Wildman–Crippen MR) is 82.7 cm³/mol. The van der Waals surface area contributed by atoms with Crippen LogP contribution in [-0.4, -0.2) is 43.1 Å². The Kier molecular flexibility index (Phi) is 3.74. The molecule has 2 aliphatic heterocycles. The predicted octanol–water partition coefficient (Wildman–Crippen LogP) is 2.63. The van der Waals surface area contributed by atoms with Crippen LogP contribution in [0.5, 0.6) is 0 Å². The standard InChI is InChI=1S/C18H24O5/c1-17(2)22-14-13-9-10-18(14,23-17)15(16(19-3)21-13)20-11-12-7-5-4-6-8-12/h4-8,13-16H,9-11H2,1-3H3/t13-,14+,15+,16+,18+/m1/s1. The van der Waals surface area contributed by atoms with Gasteiger partial charge in [-0.05, 0) is 32.3 Å². The highest BCUT2D eigenvalue weighted by molar-refractivity contribution is 5.16. The minimum absolute atomic E-state index is 0.0123. The molecule has 0 N–H and O–H groups in total. The molecule has 5 nitrogen and oxygen atoms in total. The third kappa shape index (κ3) is 2.51. The zero-order valence-corrected chi connectivity index (χ0v) is 13.9. The van der Waals surface area contributed by atoms with Gasteiger partial charge in [0.2, 0.25) is 0 Å². The summed E-state index contributed by atoms with van der Waals surface area (Å²) in [5.41, 5.74) is 0.635. The van der Waals surface area contributed by atoms with Gasteiger partial charge in [-0.3, -0.25) is 0 Å². The number of rotatable bonds is 4. The van der Waals surface area contributed by atoms with Gasteiger partial charge in [0.25, 0.3) is 0 Å². The van der Waals surface area contributed by atoms with E-state index >= 15 is 0 Å². The largest absolute Gasteiger partial charge is 0.365 e. The molecule has 23 heavy (non-hydrogen) atoms. The van der Waals surface area contributed by atoms with Crippen LogP contribution in [0.3, 0.4) is 0 Å². The minimum atomic E-state index is -0.621. The summed E-state index contributed by atoms with van der Waals surface area (Å²) in [5.74, 6) is -0.621. The van der Waals surface area contributed by atoms with E-state index in [1.165, 1.54) is 0 Å². The number of hydrogen-bond acceptors (Lipinski definition) is 5. The van der Waals surface area contributed by atoms with Crippen molar-refractivity contribution in [1.29, 1.82) is 0 Å². The number of ether oxygens (including phenoxy) is 5. The molecule has 0 amide bonds. The molecule has 5 heteroatoms. The molecule has 2 heterocycles. The molecule has 3 fully saturated rings. The number of hydrogen-bond donors (Lipinski definition) is 0. The molecule has 1 saturated carbocycles. The first-order valence-corrected chi connectivity index (χ1v) is 8.26. The molecule has 4 rings (SSSR count). The van der Waals surface area contributed by atoms with Crippen LogP contribution in [0.1, 0.15) is 32.3 Å². The highest BCUT2D eigenvalue weighted by Gasteiger charge is 2.69. The van der Waals surface area contributed by atoms with Crippen molar-refractivity contribution in [3.8, 4) is 0 Å². The Bertz CT molecular complexity index is 560. The highest BCUT2D eigenvalue weighted by atomic mass is 16.8. The van der Waals surface area contributed by atoms with Crippen LogP contribution in [0.25, 0.3) is 0 Å². The lowest BCUT2D eigenvalue weighted by Gasteiger charge is -2.43. The SMILES string of the molecule is CO[C@H]1O[C@@H]2CC[C@@]3(OC(C)(C)O[C@@H]23)[C@H]1OCc1ccccc1. The van der Waals surface area contributed by atoms with E-state index in [1.807, 2.05) is 44.2 Å². The van der Waals surface area contributed by atoms with E-state index in [2.05, 4.69) is 0 Å². The van der Waals surface area contributed by atoms with E-state index in [4.69, 9.17) is 23.7 Å². The maximum atomic E-state index is 6.36. The third-order valence-electron chi connectivity index (χ3n) is 5.03. The lowest BCUT2D eigenvalue weighted by Crippen LogP contribution is -2.61. The van der Waals surface area contributed by atoms with E-state index in [-0.39, 0.29) is 18.3 Å². The van der Waals surface area contributed by atoms with E-state index in [1.54, 1.807) is 7.11 Å². The average Bonchev–Trinajstić information content (AvgIpc) is 2.93. The molecule has 2 bridgehead atoms.